The Morgan fingerprint density at radius 3 is 2.50 bits per heavy atom. The lowest BCUT2D eigenvalue weighted by Crippen LogP contribution is -2.34. The number of nitrogen functional groups attached to an aromatic ring is 1. The minimum absolute atomic E-state index is 0.210. The second kappa shape index (κ2) is 5.67. The molecule has 0 saturated heterocycles. The second-order valence-corrected chi connectivity index (χ2v) is 6.49. The molecule has 0 spiro atoms. The van der Waals surface area contributed by atoms with Crippen molar-refractivity contribution in [1.29, 1.82) is 0 Å². The van der Waals surface area contributed by atoms with Crippen LogP contribution in [0, 0.1) is 11.7 Å². The molecule has 0 aromatic heterocycles. The van der Waals surface area contributed by atoms with E-state index in [-0.39, 0.29) is 16.6 Å². The Bertz CT molecular complexity index is 515. The lowest BCUT2D eigenvalue weighted by molar-refractivity contribution is 0.482. The van der Waals surface area contributed by atoms with E-state index in [2.05, 4.69) is 4.72 Å². The zero-order valence-electron chi connectivity index (χ0n) is 10.8. The molecule has 102 valence electrons. The number of rotatable bonds is 5. The topological polar surface area (TPSA) is 72.2 Å². The molecule has 0 aliphatic heterocycles. The van der Waals surface area contributed by atoms with E-state index >= 15 is 0 Å². The third-order valence-corrected chi connectivity index (χ3v) is 4.13. The summed E-state index contributed by atoms with van der Waals surface area (Å²) in [5, 5.41) is 0. The van der Waals surface area contributed by atoms with Crippen molar-refractivity contribution >= 4 is 15.7 Å². The van der Waals surface area contributed by atoms with Crippen LogP contribution in [0.15, 0.2) is 23.1 Å². The van der Waals surface area contributed by atoms with E-state index in [0.717, 1.165) is 6.07 Å². The van der Waals surface area contributed by atoms with E-state index in [0.29, 0.717) is 12.3 Å². The first-order valence-electron chi connectivity index (χ1n) is 5.80. The molecule has 0 heterocycles. The molecule has 6 heteroatoms. The van der Waals surface area contributed by atoms with Gasteiger partial charge < -0.3 is 5.73 Å². The summed E-state index contributed by atoms with van der Waals surface area (Å²) in [6.07, 6.45) is 0.703. The van der Waals surface area contributed by atoms with Crippen molar-refractivity contribution < 1.29 is 12.8 Å². The predicted molar refractivity (Wildman–Crippen MR) is 70.1 cm³/mol. The normalized spacial score (nSPS) is 13.8. The van der Waals surface area contributed by atoms with Gasteiger partial charge in [-0.1, -0.05) is 19.9 Å². The number of hydrogen-bond acceptors (Lipinski definition) is 3. The number of halogens is 1. The molecule has 0 aliphatic carbocycles. The number of para-hydroxylation sites is 1. The molecule has 0 saturated carbocycles. The Morgan fingerprint density at radius 2 is 1.94 bits per heavy atom. The van der Waals surface area contributed by atoms with Crippen molar-refractivity contribution in [3.8, 4) is 0 Å². The van der Waals surface area contributed by atoms with Crippen LogP contribution >= 0.6 is 0 Å². The van der Waals surface area contributed by atoms with Crippen molar-refractivity contribution in [3.05, 3.63) is 24.0 Å². The number of nitrogens with two attached hydrogens (primary N) is 1. The third kappa shape index (κ3) is 3.68. The molecule has 0 amide bonds. The van der Waals surface area contributed by atoms with Crippen LogP contribution in [-0.4, -0.2) is 14.5 Å². The van der Waals surface area contributed by atoms with Crippen LogP contribution < -0.4 is 10.5 Å². The van der Waals surface area contributed by atoms with Crippen molar-refractivity contribution in [2.45, 2.75) is 38.1 Å². The standard InChI is InChI=1S/C12H19FN2O2S/c1-8(2)7-9(3)15-18(16,17)11-6-4-5-10(13)12(11)14/h4-6,8-9,15H,7,14H2,1-3H3. The maximum absolute atomic E-state index is 13.2. The quantitative estimate of drug-likeness (QED) is 0.808. The first-order chi connectivity index (χ1) is 8.24. The zero-order chi connectivity index (χ0) is 13.9. The Morgan fingerprint density at radius 1 is 1.33 bits per heavy atom. The van der Waals surface area contributed by atoms with Crippen LogP contribution in [0.1, 0.15) is 27.2 Å². The molecule has 1 rings (SSSR count). The lowest BCUT2D eigenvalue weighted by Gasteiger charge is -2.17. The van der Waals surface area contributed by atoms with E-state index in [4.69, 9.17) is 5.73 Å². The Hall–Kier alpha value is -1.14. The minimum Gasteiger partial charge on any atom is -0.395 e. The molecule has 1 aromatic carbocycles. The molecule has 1 unspecified atom stereocenters. The van der Waals surface area contributed by atoms with Crippen LogP contribution in [0.2, 0.25) is 0 Å². The predicted octanol–water partition coefficient (Wildman–Crippen LogP) is 2.12. The summed E-state index contributed by atoms with van der Waals surface area (Å²) in [7, 11) is -3.77. The van der Waals surface area contributed by atoms with Gasteiger partial charge in [-0.05, 0) is 31.4 Å². The number of anilines is 1. The smallest absolute Gasteiger partial charge is 0.242 e. The van der Waals surface area contributed by atoms with Crippen LogP contribution in [0.4, 0.5) is 10.1 Å². The highest BCUT2D eigenvalue weighted by Gasteiger charge is 2.21. The van der Waals surface area contributed by atoms with Crippen LogP contribution in [0.25, 0.3) is 0 Å². The van der Waals surface area contributed by atoms with Gasteiger partial charge in [-0.15, -0.1) is 0 Å². The fraction of sp³-hybridized carbons (Fsp3) is 0.500. The third-order valence-electron chi connectivity index (χ3n) is 2.48. The van der Waals surface area contributed by atoms with Gasteiger partial charge >= 0.3 is 0 Å². The fourth-order valence-corrected chi connectivity index (χ4v) is 3.23. The first-order valence-corrected chi connectivity index (χ1v) is 7.28. The van der Waals surface area contributed by atoms with Gasteiger partial charge in [0.2, 0.25) is 10.0 Å². The Kier molecular flexibility index (Phi) is 4.70. The highest BCUT2D eigenvalue weighted by atomic mass is 32.2. The van der Waals surface area contributed by atoms with Gasteiger partial charge in [-0.25, -0.2) is 17.5 Å². The average Bonchev–Trinajstić information content (AvgIpc) is 2.19. The molecule has 0 fully saturated rings. The first kappa shape index (κ1) is 14.9. The van der Waals surface area contributed by atoms with Gasteiger partial charge in [0, 0.05) is 6.04 Å². The van der Waals surface area contributed by atoms with Gasteiger partial charge in [0.05, 0.1) is 5.69 Å². The molecule has 1 aromatic rings. The molecule has 0 aliphatic rings. The van der Waals surface area contributed by atoms with Crippen LogP contribution in [-0.2, 0) is 10.0 Å². The van der Waals surface area contributed by atoms with Gasteiger partial charge in [-0.2, -0.15) is 0 Å². The van der Waals surface area contributed by atoms with Crippen molar-refractivity contribution in [2.24, 2.45) is 5.92 Å². The molecule has 3 N–H and O–H groups in total. The number of nitrogens with one attached hydrogen (secondary N) is 1. The summed E-state index contributed by atoms with van der Waals surface area (Å²) in [6.45, 7) is 5.77. The van der Waals surface area contributed by atoms with Gasteiger partial charge in [0.25, 0.3) is 0 Å². The van der Waals surface area contributed by atoms with E-state index in [1.165, 1.54) is 12.1 Å². The molecule has 4 nitrogen and oxygen atoms in total. The van der Waals surface area contributed by atoms with Gasteiger partial charge in [-0.3, -0.25) is 0 Å². The highest BCUT2D eigenvalue weighted by molar-refractivity contribution is 7.89. The number of benzene rings is 1. The van der Waals surface area contributed by atoms with Crippen LogP contribution in [0.5, 0.6) is 0 Å². The SMILES string of the molecule is CC(C)CC(C)NS(=O)(=O)c1cccc(F)c1N. The largest absolute Gasteiger partial charge is 0.395 e. The molecular weight excluding hydrogens is 255 g/mol. The van der Waals surface area contributed by atoms with Crippen molar-refractivity contribution in [1.82, 2.24) is 4.72 Å². The maximum Gasteiger partial charge on any atom is 0.242 e. The number of sulfonamides is 1. The second-order valence-electron chi connectivity index (χ2n) is 4.80. The molecule has 0 radical (unpaired) electrons. The Labute approximate surface area is 107 Å². The highest BCUT2D eigenvalue weighted by Crippen LogP contribution is 2.21. The average molecular weight is 274 g/mol. The lowest BCUT2D eigenvalue weighted by atomic mass is 10.1. The summed E-state index contributed by atoms with van der Waals surface area (Å²) in [6, 6.07) is 3.53. The maximum atomic E-state index is 13.2. The molecule has 0 bridgehead atoms. The van der Waals surface area contributed by atoms with E-state index < -0.39 is 15.8 Å². The molecular formula is C12H19FN2O2S. The monoisotopic (exact) mass is 274 g/mol. The molecule has 18 heavy (non-hydrogen) atoms. The number of hydrogen-bond donors (Lipinski definition) is 2. The van der Waals surface area contributed by atoms with Crippen molar-refractivity contribution in [3.63, 3.8) is 0 Å². The van der Waals surface area contributed by atoms with Crippen LogP contribution in [0.3, 0.4) is 0 Å². The van der Waals surface area contributed by atoms with Crippen molar-refractivity contribution in [2.75, 3.05) is 5.73 Å². The summed E-state index contributed by atoms with van der Waals surface area (Å²) < 4.78 is 39.8. The van der Waals surface area contributed by atoms with Gasteiger partial charge in [0.1, 0.15) is 10.7 Å². The fourth-order valence-electron chi connectivity index (χ4n) is 1.84. The Balaban J connectivity index is 2.97. The summed E-state index contributed by atoms with van der Waals surface area (Å²) in [4.78, 5) is -0.210. The molecule has 1 atom stereocenters. The summed E-state index contributed by atoms with van der Waals surface area (Å²) in [5.74, 6) is -0.359. The van der Waals surface area contributed by atoms with E-state index in [1.54, 1.807) is 6.92 Å². The van der Waals surface area contributed by atoms with Gasteiger partial charge in [0.15, 0.2) is 0 Å². The zero-order valence-corrected chi connectivity index (χ0v) is 11.6. The van der Waals surface area contributed by atoms with E-state index in [1.807, 2.05) is 13.8 Å². The summed E-state index contributed by atoms with van der Waals surface area (Å²) >= 11 is 0. The van der Waals surface area contributed by atoms with E-state index in [9.17, 15) is 12.8 Å². The summed E-state index contributed by atoms with van der Waals surface area (Å²) in [5.41, 5.74) is 5.11. The minimum atomic E-state index is -3.77.